The van der Waals surface area contributed by atoms with Crippen molar-refractivity contribution in [2.24, 2.45) is 5.73 Å². The van der Waals surface area contributed by atoms with E-state index in [1.807, 2.05) is 55.5 Å². The summed E-state index contributed by atoms with van der Waals surface area (Å²) in [4.78, 5) is 57.1. The predicted octanol–water partition coefficient (Wildman–Crippen LogP) is 4.79. The van der Waals surface area contributed by atoms with Crippen LogP contribution in [-0.2, 0) is 11.3 Å². The molecule has 0 radical (unpaired) electrons. The molecule has 0 aliphatic heterocycles. The summed E-state index contributed by atoms with van der Waals surface area (Å²) < 4.78 is 1.18. The topological polar surface area (TPSA) is 136 Å². The molecule has 0 aliphatic carbocycles. The van der Waals surface area contributed by atoms with Crippen molar-refractivity contribution in [3.05, 3.63) is 98.9 Å². The molecule has 0 bridgehead atoms. The highest BCUT2D eigenvalue weighted by atomic mass is 32.1. The normalized spacial score (nSPS) is 10.9. The van der Waals surface area contributed by atoms with E-state index in [1.165, 1.54) is 22.2 Å². The van der Waals surface area contributed by atoms with Crippen molar-refractivity contribution >= 4 is 61.3 Å². The van der Waals surface area contributed by atoms with Gasteiger partial charge in [0.25, 0.3) is 17.4 Å². The van der Waals surface area contributed by atoms with E-state index in [-0.39, 0.29) is 23.4 Å². The molecule has 0 spiro atoms. The molecule has 3 aromatic heterocycles. The molecule has 3 amide bonds. The maximum absolute atomic E-state index is 13.3. The van der Waals surface area contributed by atoms with Crippen LogP contribution in [0.4, 0.5) is 10.7 Å². The highest BCUT2D eigenvalue weighted by molar-refractivity contribution is 7.20. The largest absolute Gasteiger partial charge is 0.366 e. The SMILES string of the molecule is Cc1ccccc1NC(=O)c1sc2ncn(CC(=O)Nc3sc(-c4ccccc4)cc3C(N)=O)c(=O)c2c1C. The highest BCUT2D eigenvalue weighted by Crippen LogP contribution is 2.35. The van der Waals surface area contributed by atoms with Gasteiger partial charge in [-0.2, -0.15) is 0 Å². The maximum Gasteiger partial charge on any atom is 0.266 e. The quantitative estimate of drug-likeness (QED) is 0.264. The van der Waals surface area contributed by atoms with Crippen molar-refractivity contribution in [3.63, 3.8) is 0 Å². The molecule has 0 fully saturated rings. The minimum absolute atomic E-state index is 0.186. The van der Waals surface area contributed by atoms with Crippen LogP contribution in [0, 0.1) is 13.8 Å². The first kappa shape index (κ1) is 26.0. The molecule has 4 N–H and O–H groups in total. The van der Waals surface area contributed by atoms with Crippen molar-refractivity contribution in [2.45, 2.75) is 20.4 Å². The van der Waals surface area contributed by atoms with Crippen molar-refractivity contribution < 1.29 is 14.4 Å². The van der Waals surface area contributed by atoms with E-state index >= 15 is 0 Å². The molecule has 3 heterocycles. The van der Waals surface area contributed by atoms with E-state index < -0.39 is 17.4 Å². The number of thiophene rings is 2. The zero-order valence-corrected chi connectivity index (χ0v) is 22.6. The number of anilines is 2. The van der Waals surface area contributed by atoms with Crippen LogP contribution in [0.3, 0.4) is 0 Å². The van der Waals surface area contributed by atoms with Crippen LogP contribution in [0.5, 0.6) is 0 Å². The number of benzene rings is 2. The molecule has 0 saturated carbocycles. The van der Waals surface area contributed by atoms with Crippen LogP contribution in [0.2, 0.25) is 0 Å². The lowest BCUT2D eigenvalue weighted by atomic mass is 10.1. The van der Waals surface area contributed by atoms with Gasteiger partial charge >= 0.3 is 0 Å². The van der Waals surface area contributed by atoms with E-state index in [4.69, 9.17) is 5.73 Å². The molecular formula is C28H23N5O4S2. The van der Waals surface area contributed by atoms with Crippen LogP contribution in [0.25, 0.3) is 20.7 Å². The van der Waals surface area contributed by atoms with Gasteiger partial charge in [-0.05, 0) is 42.7 Å². The number of fused-ring (bicyclic) bond motifs is 1. The molecule has 0 aliphatic rings. The molecule has 0 atom stereocenters. The predicted molar refractivity (Wildman–Crippen MR) is 155 cm³/mol. The number of nitrogens with one attached hydrogen (secondary N) is 2. The van der Waals surface area contributed by atoms with Gasteiger partial charge < -0.3 is 16.4 Å². The van der Waals surface area contributed by atoms with Gasteiger partial charge in [-0.1, -0.05) is 48.5 Å². The fourth-order valence-electron chi connectivity index (χ4n) is 4.11. The number of nitrogens with two attached hydrogens (primary N) is 1. The monoisotopic (exact) mass is 557 g/mol. The number of primary amides is 1. The molecule has 2 aromatic carbocycles. The Balaban J connectivity index is 1.39. The lowest BCUT2D eigenvalue weighted by molar-refractivity contribution is -0.116. The van der Waals surface area contributed by atoms with Gasteiger partial charge in [0.05, 0.1) is 22.2 Å². The third kappa shape index (κ3) is 5.22. The molecule has 0 saturated heterocycles. The van der Waals surface area contributed by atoms with Crippen LogP contribution < -0.4 is 21.9 Å². The molecule has 11 heteroatoms. The molecule has 0 unspecified atom stereocenters. The minimum atomic E-state index is -0.672. The van der Waals surface area contributed by atoms with Gasteiger partial charge in [0.1, 0.15) is 16.4 Å². The molecule has 39 heavy (non-hydrogen) atoms. The van der Waals surface area contributed by atoms with Gasteiger partial charge in [-0.25, -0.2) is 4.98 Å². The van der Waals surface area contributed by atoms with Crippen LogP contribution in [0.15, 0.2) is 71.8 Å². The number of rotatable bonds is 7. The minimum Gasteiger partial charge on any atom is -0.366 e. The Morgan fingerprint density at radius 1 is 0.974 bits per heavy atom. The summed E-state index contributed by atoms with van der Waals surface area (Å²) in [6, 6.07) is 18.5. The molecule has 5 rings (SSSR count). The maximum atomic E-state index is 13.3. The molecule has 9 nitrogen and oxygen atoms in total. The van der Waals surface area contributed by atoms with E-state index in [9.17, 15) is 19.2 Å². The molecule has 196 valence electrons. The van der Waals surface area contributed by atoms with Crippen molar-refractivity contribution in [2.75, 3.05) is 10.6 Å². The van der Waals surface area contributed by atoms with Gasteiger partial charge in [-0.15, -0.1) is 22.7 Å². The number of carbonyl (C=O) groups excluding carboxylic acids is 3. The number of aromatic nitrogens is 2. The summed E-state index contributed by atoms with van der Waals surface area (Å²) in [6.45, 7) is 3.25. The summed E-state index contributed by atoms with van der Waals surface area (Å²) in [6.07, 6.45) is 1.28. The first-order valence-electron chi connectivity index (χ1n) is 11.9. The zero-order valence-electron chi connectivity index (χ0n) is 21.0. The number of hydrogen-bond donors (Lipinski definition) is 3. The Morgan fingerprint density at radius 3 is 2.41 bits per heavy atom. The highest BCUT2D eigenvalue weighted by Gasteiger charge is 2.22. The van der Waals surface area contributed by atoms with Crippen LogP contribution in [-0.4, -0.2) is 27.3 Å². The second-order valence-electron chi connectivity index (χ2n) is 8.81. The number of nitrogens with zero attached hydrogens (tertiary/aromatic N) is 2. The van der Waals surface area contributed by atoms with Gasteiger partial charge in [0, 0.05) is 10.6 Å². The Morgan fingerprint density at radius 2 is 1.69 bits per heavy atom. The van der Waals surface area contributed by atoms with Crippen molar-refractivity contribution in [1.29, 1.82) is 0 Å². The van der Waals surface area contributed by atoms with Gasteiger partial charge in [0.15, 0.2) is 0 Å². The number of aryl methyl sites for hydroxylation is 2. The average Bonchev–Trinajstić information content (AvgIpc) is 3.49. The van der Waals surface area contributed by atoms with Gasteiger partial charge in [0.2, 0.25) is 5.91 Å². The standard InChI is InChI=1S/C28H23N5O4S2/c1-15-8-6-7-11-19(15)31-25(36)23-16(2)22-27(39-23)30-14-33(28(22)37)13-21(34)32-26-18(24(29)35)12-20(38-26)17-9-4-3-5-10-17/h3-12,14H,13H2,1-2H3,(H2,29,35)(H,31,36)(H,32,34). The third-order valence-corrected chi connectivity index (χ3v) is 8.44. The number of hydrogen-bond acceptors (Lipinski definition) is 7. The van der Waals surface area contributed by atoms with Crippen molar-refractivity contribution in [1.82, 2.24) is 9.55 Å². The Kier molecular flexibility index (Phi) is 7.09. The van der Waals surface area contributed by atoms with Crippen LogP contribution >= 0.6 is 22.7 Å². The summed E-state index contributed by atoms with van der Waals surface area (Å²) in [5.74, 6) is -1.53. The molecule has 5 aromatic rings. The van der Waals surface area contributed by atoms with E-state index in [2.05, 4.69) is 15.6 Å². The number of carbonyl (C=O) groups is 3. The Labute approximate surface area is 230 Å². The summed E-state index contributed by atoms with van der Waals surface area (Å²) >= 11 is 2.34. The van der Waals surface area contributed by atoms with Crippen molar-refractivity contribution in [3.8, 4) is 10.4 Å². The second-order valence-corrected chi connectivity index (χ2v) is 10.9. The molecular weight excluding hydrogens is 534 g/mol. The Bertz CT molecular complexity index is 1800. The fraction of sp³-hybridized carbons (Fsp3) is 0.107. The third-order valence-electron chi connectivity index (χ3n) is 6.14. The summed E-state index contributed by atoms with van der Waals surface area (Å²) in [5.41, 5.74) is 8.26. The Hall–Kier alpha value is -4.61. The number of amides is 3. The van der Waals surface area contributed by atoms with Gasteiger partial charge in [-0.3, -0.25) is 23.7 Å². The summed E-state index contributed by atoms with van der Waals surface area (Å²) in [5, 5.41) is 6.17. The lowest BCUT2D eigenvalue weighted by Crippen LogP contribution is -2.28. The zero-order chi connectivity index (χ0) is 27.7. The first-order chi connectivity index (χ1) is 18.7. The van der Waals surface area contributed by atoms with E-state index in [1.54, 1.807) is 19.1 Å². The summed E-state index contributed by atoms with van der Waals surface area (Å²) in [7, 11) is 0. The first-order valence-corrected chi connectivity index (χ1v) is 13.5. The number of para-hydroxylation sites is 1. The van der Waals surface area contributed by atoms with E-state index in [0.29, 0.717) is 26.0 Å². The fourth-order valence-corrected chi connectivity index (χ4v) is 6.23. The van der Waals surface area contributed by atoms with Crippen LogP contribution in [0.1, 0.15) is 31.2 Å². The smallest absolute Gasteiger partial charge is 0.266 e. The average molecular weight is 558 g/mol. The second kappa shape index (κ2) is 10.6. The lowest BCUT2D eigenvalue weighted by Gasteiger charge is -2.07. The van der Waals surface area contributed by atoms with E-state index in [0.717, 1.165) is 27.3 Å².